The number of rotatable bonds is 7. The van der Waals surface area contributed by atoms with Crippen LogP contribution in [-0.4, -0.2) is 23.9 Å². The number of fused-ring (bicyclic) bond motifs is 1. The van der Waals surface area contributed by atoms with E-state index in [2.05, 4.69) is 22.4 Å². The molecule has 0 radical (unpaired) electrons. The molecule has 0 saturated heterocycles. The minimum Gasteiger partial charge on any atom is -0.381 e. The normalized spacial score (nSPS) is 14.7. The van der Waals surface area contributed by atoms with E-state index in [1.807, 2.05) is 37.3 Å². The fourth-order valence-electron chi connectivity index (χ4n) is 4.04. The average Bonchev–Trinajstić information content (AvgIpc) is 3.34. The first-order chi connectivity index (χ1) is 13.3. The minimum atomic E-state index is 0.499. The summed E-state index contributed by atoms with van der Waals surface area (Å²) in [5.74, 6) is 0. The SMILES string of the molecule is CCOCc1cc(NC2CCCC2)c2[nH]c(-c3ccccc3)c(C=O)c2c1. The molecule has 0 bridgehead atoms. The zero-order chi connectivity index (χ0) is 18.6. The van der Waals surface area contributed by atoms with Gasteiger partial charge in [0.2, 0.25) is 0 Å². The van der Waals surface area contributed by atoms with E-state index < -0.39 is 0 Å². The summed E-state index contributed by atoms with van der Waals surface area (Å²) in [6, 6.07) is 14.8. The van der Waals surface area contributed by atoms with E-state index in [0.717, 1.165) is 39.7 Å². The Bertz CT molecular complexity index is 924. The lowest BCUT2D eigenvalue weighted by Gasteiger charge is -2.16. The van der Waals surface area contributed by atoms with Crippen molar-refractivity contribution in [3.8, 4) is 11.3 Å². The van der Waals surface area contributed by atoms with Gasteiger partial charge in [-0.25, -0.2) is 0 Å². The summed E-state index contributed by atoms with van der Waals surface area (Å²) >= 11 is 0. The number of carbonyl (C=O) groups excluding carboxylic acids is 1. The molecule has 4 heteroatoms. The molecule has 1 heterocycles. The van der Waals surface area contributed by atoms with E-state index in [0.29, 0.717) is 24.8 Å². The van der Waals surface area contributed by atoms with Crippen LogP contribution < -0.4 is 5.32 Å². The maximum Gasteiger partial charge on any atom is 0.152 e. The second-order valence-corrected chi connectivity index (χ2v) is 7.23. The van der Waals surface area contributed by atoms with Gasteiger partial charge in [-0.05, 0) is 43.0 Å². The highest BCUT2D eigenvalue weighted by Gasteiger charge is 2.20. The molecule has 1 aliphatic carbocycles. The van der Waals surface area contributed by atoms with Crippen LogP contribution in [-0.2, 0) is 11.3 Å². The van der Waals surface area contributed by atoms with Crippen molar-refractivity contribution in [3.05, 3.63) is 53.6 Å². The Balaban J connectivity index is 1.85. The second-order valence-electron chi connectivity index (χ2n) is 7.23. The van der Waals surface area contributed by atoms with Crippen LogP contribution in [0.5, 0.6) is 0 Å². The number of aromatic amines is 1. The summed E-state index contributed by atoms with van der Waals surface area (Å²) in [7, 11) is 0. The van der Waals surface area contributed by atoms with Crippen LogP contribution in [0.2, 0.25) is 0 Å². The van der Waals surface area contributed by atoms with E-state index in [-0.39, 0.29) is 0 Å². The molecule has 4 rings (SSSR count). The highest BCUT2D eigenvalue weighted by molar-refractivity contribution is 6.08. The van der Waals surface area contributed by atoms with Gasteiger partial charge in [0, 0.05) is 23.6 Å². The Morgan fingerprint density at radius 3 is 2.67 bits per heavy atom. The monoisotopic (exact) mass is 362 g/mol. The van der Waals surface area contributed by atoms with Crippen LogP contribution in [0, 0.1) is 0 Å². The molecule has 1 aliphatic rings. The largest absolute Gasteiger partial charge is 0.381 e. The van der Waals surface area contributed by atoms with Gasteiger partial charge in [0.1, 0.15) is 0 Å². The zero-order valence-electron chi connectivity index (χ0n) is 15.8. The molecule has 1 aromatic heterocycles. The molecule has 140 valence electrons. The van der Waals surface area contributed by atoms with Crippen molar-refractivity contribution < 1.29 is 9.53 Å². The van der Waals surface area contributed by atoms with Gasteiger partial charge in [-0.1, -0.05) is 43.2 Å². The highest BCUT2D eigenvalue weighted by atomic mass is 16.5. The Kier molecular flexibility index (Phi) is 5.26. The molecule has 0 aliphatic heterocycles. The first-order valence-electron chi connectivity index (χ1n) is 9.83. The average molecular weight is 362 g/mol. The van der Waals surface area contributed by atoms with Crippen LogP contribution in [0.3, 0.4) is 0 Å². The number of anilines is 1. The van der Waals surface area contributed by atoms with Crippen LogP contribution >= 0.6 is 0 Å². The molecule has 0 spiro atoms. The van der Waals surface area contributed by atoms with E-state index >= 15 is 0 Å². The van der Waals surface area contributed by atoms with Crippen molar-refractivity contribution in [1.29, 1.82) is 0 Å². The number of aldehydes is 1. The molecule has 27 heavy (non-hydrogen) atoms. The quantitative estimate of drug-likeness (QED) is 0.543. The van der Waals surface area contributed by atoms with E-state index in [4.69, 9.17) is 4.74 Å². The molecular weight excluding hydrogens is 336 g/mol. The van der Waals surface area contributed by atoms with E-state index in [1.54, 1.807) is 0 Å². The number of hydrogen-bond acceptors (Lipinski definition) is 3. The topological polar surface area (TPSA) is 54.1 Å². The third kappa shape index (κ3) is 3.62. The molecule has 2 aromatic carbocycles. The Hall–Kier alpha value is -2.59. The summed E-state index contributed by atoms with van der Waals surface area (Å²) < 4.78 is 5.63. The summed E-state index contributed by atoms with van der Waals surface area (Å²) in [5.41, 5.74) is 5.77. The zero-order valence-corrected chi connectivity index (χ0v) is 15.8. The third-order valence-corrected chi connectivity index (χ3v) is 5.38. The molecule has 0 atom stereocenters. The number of hydrogen-bond donors (Lipinski definition) is 2. The second kappa shape index (κ2) is 7.97. The third-order valence-electron chi connectivity index (χ3n) is 5.38. The summed E-state index contributed by atoms with van der Waals surface area (Å²) in [4.78, 5) is 15.5. The van der Waals surface area contributed by atoms with Crippen molar-refractivity contribution in [2.75, 3.05) is 11.9 Å². The Labute approximate surface area is 159 Å². The molecule has 0 amide bonds. The van der Waals surface area contributed by atoms with Crippen LogP contribution in [0.15, 0.2) is 42.5 Å². The smallest absolute Gasteiger partial charge is 0.152 e. The fraction of sp³-hybridized carbons (Fsp3) is 0.348. The van der Waals surface area contributed by atoms with Crippen molar-refractivity contribution in [1.82, 2.24) is 4.98 Å². The van der Waals surface area contributed by atoms with Gasteiger partial charge >= 0.3 is 0 Å². The van der Waals surface area contributed by atoms with Crippen molar-refractivity contribution in [3.63, 3.8) is 0 Å². The molecule has 1 saturated carbocycles. The number of ether oxygens (including phenoxy) is 1. The summed E-state index contributed by atoms with van der Waals surface area (Å²) in [5, 5.41) is 4.67. The molecule has 2 N–H and O–H groups in total. The van der Waals surface area contributed by atoms with Gasteiger partial charge in [-0.15, -0.1) is 0 Å². The van der Waals surface area contributed by atoms with Gasteiger partial charge in [0.15, 0.2) is 6.29 Å². The van der Waals surface area contributed by atoms with Crippen molar-refractivity contribution in [2.24, 2.45) is 0 Å². The number of benzene rings is 2. The Morgan fingerprint density at radius 1 is 1.19 bits per heavy atom. The molecule has 0 unspecified atom stereocenters. The highest BCUT2D eigenvalue weighted by Crippen LogP contribution is 2.35. The fourth-order valence-corrected chi connectivity index (χ4v) is 4.04. The molecular formula is C23H26N2O2. The lowest BCUT2D eigenvalue weighted by atomic mass is 10.0. The van der Waals surface area contributed by atoms with Gasteiger partial charge in [-0.3, -0.25) is 4.79 Å². The van der Waals surface area contributed by atoms with Crippen molar-refractivity contribution in [2.45, 2.75) is 45.3 Å². The first-order valence-corrected chi connectivity index (χ1v) is 9.83. The number of carbonyl (C=O) groups is 1. The van der Waals surface area contributed by atoms with Crippen LogP contribution in [0.4, 0.5) is 5.69 Å². The van der Waals surface area contributed by atoms with E-state index in [1.165, 1.54) is 25.7 Å². The van der Waals surface area contributed by atoms with Crippen molar-refractivity contribution >= 4 is 22.9 Å². The summed E-state index contributed by atoms with van der Waals surface area (Å²) in [6.07, 6.45) is 5.91. The maximum absolute atomic E-state index is 12.0. The van der Waals surface area contributed by atoms with Gasteiger partial charge < -0.3 is 15.0 Å². The molecule has 1 fully saturated rings. The molecule has 4 nitrogen and oxygen atoms in total. The lowest BCUT2D eigenvalue weighted by molar-refractivity contribution is 0.112. The van der Waals surface area contributed by atoms with Gasteiger partial charge in [0.25, 0.3) is 0 Å². The minimum absolute atomic E-state index is 0.499. The lowest BCUT2D eigenvalue weighted by Crippen LogP contribution is -2.15. The maximum atomic E-state index is 12.0. The number of aromatic nitrogens is 1. The van der Waals surface area contributed by atoms with Gasteiger partial charge in [-0.2, -0.15) is 0 Å². The molecule has 3 aromatic rings. The standard InChI is InChI=1S/C23H26N2O2/c1-2-27-15-16-12-19-20(14-26)22(17-8-4-3-5-9-17)25-23(19)21(13-16)24-18-10-6-7-11-18/h3-5,8-9,12-14,18,24-25H,2,6-7,10-11,15H2,1H3. The van der Waals surface area contributed by atoms with E-state index in [9.17, 15) is 4.79 Å². The Morgan fingerprint density at radius 2 is 1.96 bits per heavy atom. The summed E-state index contributed by atoms with van der Waals surface area (Å²) in [6.45, 7) is 3.22. The first kappa shape index (κ1) is 17.8. The predicted molar refractivity (Wildman–Crippen MR) is 110 cm³/mol. The number of H-pyrrole nitrogens is 1. The predicted octanol–water partition coefficient (Wildman–Crippen LogP) is 5.54. The van der Waals surface area contributed by atoms with Gasteiger partial charge in [0.05, 0.1) is 23.5 Å². The number of nitrogens with one attached hydrogen (secondary N) is 2. The van der Waals surface area contributed by atoms with Crippen LogP contribution in [0.1, 0.15) is 48.5 Å². The van der Waals surface area contributed by atoms with Crippen LogP contribution in [0.25, 0.3) is 22.2 Å².